The number of carboxylic acids is 1. The van der Waals surface area contributed by atoms with Crippen molar-refractivity contribution in [3.8, 4) is 5.75 Å². The van der Waals surface area contributed by atoms with Crippen molar-refractivity contribution in [1.29, 1.82) is 0 Å². The molecule has 122 valence electrons. The van der Waals surface area contributed by atoms with Gasteiger partial charge in [0.05, 0.1) is 12.5 Å². The van der Waals surface area contributed by atoms with Gasteiger partial charge >= 0.3 is 12.1 Å². The van der Waals surface area contributed by atoms with E-state index in [4.69, 9.17) is 20.3 Å². The molecule has 0 aromatic heterocycles. The van der Waals surface area contributed by atoms with Gasteiger partial charge in [-0.15, -0.1) is 0 Å². The molecule has 1 aromatic carbocycles. The Morgan fingerprint density at radius 1 is 1.27 bits per heavy atom. The number of amides is 1. The molecule has 0 aliphatic heterocycles. The molecule has 0 radical (unpaired) electrons. The molecule has 0 heterocycles. The van der Waals surface area contributed by atoms with Gasteiger partial charge in [-0.25, -0.2) is 4.79 Å². The van der Waals surface area contributed by atoms with Crippen LogP contribution in [0.1, 0.15) is 27.2 Å². The largest absolute Gasteiger partial charge is 0.491 e. The normalized spacial score (nSPS) is 12.3. The highest BCUT2D eigenvalue weighted by Crippen LogP contribution is 2.14. The maximum Gasteiger partial charge on any atom is 0.408 e. The highest BCUT2D eigenvalue weighted by molar-refractivity contribution is 5.71. The summed E-state index contributed by atoms with van der Waals surface area (Å²) in [5.41, 5.74) is 5.51. The summed E-state index contributed by atoms with van der Waals surface area (Å²) >= 11 is 0. The minimum atomic E-state index is -1.04. The molecule has 1 atom stereocenters. The summed E-state index contributed by atoms with van der Waals surface area (Å²) in [5.74, 6) is -0.502. The topological polar surface area (TPSA) is 111 Å². The molecule has 1 unspecified atom stereocenters. The van der Waals surface area contributed by atoms with Crippen LogP contribution in [0.5, 0.6) is 5.75 Å². The molecule has 4 N–H and O–H groups in total. The van der Waals surface area contributed by atoms with E-state index in [-0.39, 0.29) is 13.0 Å². The number of rotatable bonds is 6. The van der Waals surface area contributed by atoms with E-state index in [9.17, 15) is 9.59 Å². The van der Waals surface area contributed by atoms with Crippen molar-refractivity contribution in [2.45, 2.75) is 38.8 Å². The van der Waals surface area contributed by atoms with Crippen LogP contribution >= 0.6 is 0 Å². The van der Waals surface area contributed by atoms with Crippen LogP contribution in [0.15, 0.2) is 24.3 Å². The lowest BCUT2D eigenvalue weighted by molar-refractivity contribution is -0.137. The third-order valence-electron chi connectivity index (χ3n) is 2.47. The number of alkyl carbamates (subject to hydrolysis) is 1. The Hall–Kier alpha value is -2.44. The molecule has 1 aromatic rings. The highest BCUT2D eigenvalue weighted by atomic mass is 16.6. The number of carbonyl (C=O) groups is 2. The number of nitrogens with one attached hydrogen (secondary N) is 1. The molecule has 22 heavy (non-hydrogen) atoms. The van der Waals surface area contributed by atoms with Crippen molar-refractivity contribution in [1.82, 2.24) is 5.32 Å². The first-order chi connectivity index (χ1) is 10.2. The maximum absolute atomic E-state index is 11.7. The summed E-state index contributed by atoms with van der Waals surface area (Å²) in [7, 11) is 0. The average Bonchev–Trinajstić information content (AvgIpc) is 2.34. The van der Waals surface area contributed by atoms with Crippen LogP contribution in [0.2, 0.25) is 0 Å². The summed E-state index contributed by atoms with van der Waals surface area (Å²) in [5, 5.41) is 11.4. The Kier molecular flexibility index (Phi) is 6.03. The monoisotopic (exact) mass is 310 g/mol. The van der Waals surface area contributed by atoms with Gasteiger partial charge in [0.2, 0.25) is 0 Å². The Labute approximate surface area is 129 Å². The molecular weight excluding hydrogens is 288 g/mol. The molecule has 1 amide bonds. The molecule has 0 bridgehead atoms. The third kappa shape index (κ3) is 7.37. The Morgan fingerprint density at radius 2 is 1.86 bits per heavy atom. The number of hydrogen-bond donors (Lipinski definition) is 3. The van der Waals surface area contributed by atoms with Crippen molar-refractivity contribution in [3.63, 3.8) is 0 Å². The minimum absolute atomic E-state index is 0.00939. The van der Waals surface area contributed by atoms with Crippen molar-refractivity contribution < 1.29 is 24.2 Å². The van der Waals surface area contributed by atoms with Crippen LogP contribution < -0.4 is 15.8 Å². The van der Waals surface area contributed by atoms with Crippen LogP contribution in [0.25, 0.3) is 0 Å². The number of anilines is 1. The number of aliphatic carboxylic acids is 1. The van der Waals surface area contributed by atoms with E-state index < -0.39 is 23.7 Å². The van der Waals surface area contributed by atoms with Crippen LogP contribution in [-0.4, -0.2) is 35.4 Å². The first-order valence-electron chi connectivity index (χ1n) is 6.85. The summed E-state index contributed by atoms with van der Waals surface area (Å²) in [6, 6.07) is 5.97. The smallest absolute Gasteiger partial charge is 0.408 e. The quantitative estimate of drug-likeness (QED) is 0.693. The molecule has 0 fully saturated rings. The second-order valence-corrected chi connectivity index (χ2v) is 5.82. The molecule has 0 saturated heterocycles. The molecular formula is C15H22N2O5. The van der Waals surface area contributed by atoms with Crippen LogP contribution in [0.4, 0.5) is 10.5 Å². The molecule has 0 spiro atoms. The van der Waals surface area contributed by atoms with Gasteiger partial charge in [0, 0.05) is 5.69 Å². The SMILES string of the molecule is CC(C)(C)OC(=O)NC(COc1ccc(N)cc1)CC(=O)O. The zero-order valence-corrected chi connectivity index (χ0v) is 13.0. The second-order valence-electron chi connectivity index (χ2n) is 5.82. The lowest BCUT2D eigenvalue weighted by atomic mass is 10.2. The molecule has 7 nitrogen and oxygen atoms in total. The van der Waals surface area contributed by atoms with E-state index >= 15 is 0 Å². The number of carboxylic acid groups (broad SMARTS) is 1. The summed E-state index contributed by atoms with van der Waals surface area (Å²) < 4.78 is 10.6. The molecule has 0 aliphatic rings. The van der Waals surface area contributed by atoms with E-state index in [2.05, 4.69) is 5.32 Å². The lowest BCUT2D eigenvalue weighted by Crippen LogP contribution is -2.43. The van der Waals surface area contributed by atoms with Crippen molar-refractivity contribution >= 4 is 17.7 Å². The van der Waals surface area contributed by atoms with Gasteiger partial charge in [-0.3, -0.25) is 4.79 Å². The zero-order valence-electron chi connectivity index (χ0n) is 13.0. The summed E-state index contributed by atoms with van der Waals surface area (Å²) in [6.07, 6.45) is -0.951. The van der Waals surface area contributed by atoms with Gasteiger partial charge < -0.3 is 25.6 Å². The van der Waals surface area contributed by atoms with Crippen LogP contribution in [0.3, 0.4) is 0 Å². The predicted octanol–water partition coefficient (Wildman–Crippen LogP) is 2.02. The third-order valence-corrected chi connectivity index (χ3v) is 2.47. The predicted molar refractivity (Wildman–Crippen MR) is 81.8 cm³/mol. The van der Waals surface area contributed by atoms with E-state index in [0.717, 1.165) is 0 Å². The Balaban J connectivity index is 2.58. The van der Waals surface area contributed by atoms with Gasteiger partial charge in [0.25, 0.3) is 0 Å². The summed E-state index contributed by atoms with van der Waals surface area (Å²) in [6.45, 7) is 5.19. The van der Waals surface area contributed by atoms with Crippen LogP contribution in [0, 0.1) is 0 Å². The fraction of sp³-hybridized carbons (Fsp3) is 0.467. The van der Waals surface area contributed by atoms with Crippen molar-refractivity contribution in [2.24, 2.45) is 0 Å². The zero-order chi connectivity index (χ0) is 16.8. The van der Waals surface area contributed by atoms with E-state index in [1.54, 1.807) is 45.0 Å². The van der Waals surface area contributed by atoms with Gasteiger partial charge in [-0.05, 0) is 45.0 Å². The van der Waals surface area contributed by atoms with Gasteiger partial charge in [0.15, 0.2) is 0 Å². The maximum atomic E-state index is 11.7. The number of ether oxygens (including phenoxy) is 2. The lowest BCUT2D eigenvalue weighted by Gasteiger charge is -2.23. The number of benzene rings is 1. The number of nitrogen functional groups attached to an aromatic ring is 1. The van der Waals surface area contributed by atoms with Crippen molar-refractivity contribution in [3.05, 3.63) is 24.3 Å². The van der Waals surface area contributed by atoms with Gasteiger partial charge in [0.1, 0.15) is 18.0 Å². The highest BCUT2D eigenvalue weighted by Gasteiger charge is 2.21. The minimum Gasteiger partial charge on any atom is -0.491 e. The van der Waals surface area contributed by atoms with E-state index in [1.165, 1.54) is 0 Å². The first-order valence-corrected chi connectivity index (χ1v) is 6.85. The Morgan fingerprint density at radius 3 is 2.36 bits per heavy atom. The molecule has 1 rings (SSSR count). The fourth-order valence-electron chi connectivity index (χ4n) is 1.60. The summed E-state index contributed by atoms with van der Waals surface area (Å²) in [4.78, 5) is 22.6. The Bertz CT molecular complexity index is 508. The standard InChI is InChI=1S/C15H22N2O5/c1-15(2,3)22-14(20)17-11(8-13(18)19)9-21-12-6-4-10(16)5-7-12/h4-7,11H,8-9,16H2,1-3H3,(H,17,20)(H,18,19). The number of carbonyl (C=O) groups excluding carboxylic acids is 1. The average molecular weight is 310 g/mol. The van der Waals surface area contributed by atoms with Gasteiger partial charge in [-0.1, -0.05) is 0 Å². The van der Waals surface area contributed by atoms with Crippen LogP contribution in [-0.2, 0) is 9.53 Å². The second kappa shape index (κ2) is 7.53. The number of nitrogens with two attached hydrogens (primary N) is 1. The molecule has 0 aliphatic carbocycles. The van der Waals surface area contributed by atoms with Crippen molar-refractivity contribution in [2.75, 3.05) is 12.3 Å². The first kappa shape index (κ1) is 17.6. The van der Waals surface area contributed by atoms with E-state index in [1.807, 2.05) is 0 Å². The molecule has 0 saturated carbocycles. The molecule has 7 heteroatoms. The fourth-order valence-corrected chi connectivity index (χ4v) is 1.60. The number of hydrogen-bond acceptors (Lipinski definition) is 5. The van der Waals surface area contributed by atoms with E-state index in [0.29, 0.717) is 11.4 Å². The van der Waals surface area contributed by atoms with Gasteiger partial charge in [-0.2, -0.15) is 0 Å².